The fourth-order valence-corrected chi connectivity index (χ4v) is 3.83. The molecule has 0 aliphatic heterocycles. The van der Waals surface area contributed by atoms with Crippen LogP contribution < -0.4 is 0 Å². The SMILES string of the molecule is CCOCc1c(C)c2cc(Br)cnc2n1SI. The van der Waals surface area contributed by atoms with Gasteiger partial charge >= 0.3 is 0 Å². The van der Waals surface area contributed by atoms with Gasteiger partial charge in [-0.3, -0.25) is 3.97 Å². The highest BCUT2D eigenvalue weighted by Gasteiger charge is 2.15. The molecule has 0 atom stereocenters. The highest BCUT2D eigenvalue weighted by atomic mass is 127. The highest BCUT2D eigenvalue weighted by molar-refractivity contribution is 14.2. The van der Waals surface area contributed by atoms with Crippen LogP contribution in [0.5, 0.6) is 0 Å². The third-order valence-corrected chi connectivity index (χ3v) is 4.77. The van der Waals surface area contributed by atoms with Crippen LogP contribution in [0.1, 0.15) is 18.2 Å². The fourth-order valence-electron chi connectivity index (χ4n) is 1.75. The van der Waals surface area contributed by atoms with Crippen LogP contribution in [0.2, 0.25) is 0 Å². The smallest absolute Gasteiger partial charge is 0.151 e. The summed E-state index contributed by atoms with van der Waals surface area (Å²) in [5, 5.41) is 1.18. The van der Waals surface area contributed by atoms with Crippen molar-refractivity contribution in [1.82, 2.24) is 8.96 Å². The van der Waals surface area contributed by atoms with Crippen molar-refractivity contribution < 1.29 is 4.74 Å². The predicted octanol–water partition coefficient (Wildman–Crippen LogP) is 4.49. The van der Waals surface area contributed by atoms with E-state index in [0.717, 1.165) is 16.7 Å². The first-order valence-electron chi connectivity index (χ1n) is 5.21. The first kappa shape index (κ1) is 13.6. The summed E-state index contributed by atoms with van der Waals surface area (Å²) in [6.45, 7) is 5.48. The number of hydrogen-bond acceptors (Lipinski definition) is 3. The Morgan fingerprint density at radius 2 is 2.35 bits per heavy atom. The fraction of sp³-hybridized carbons (Fsp3) is 0.364. The number of halogens is 2. The number of ether oxygens (including phenoxy) is 1. The van der Waals surface area contributed by atoms with Crippen molar-refractivity contribution in [1.29, 1.82) is 0 Å². The molecule has 3 nitrogen and oxygen atoms in total. The van der Waals surface area contributed by atoms with Crippen molar-refractivity contribution in [3.8, 4) is 0 Å². The van der Waals surface area contributed by atoms with E-state index in [1.807, 2.05) is 13.1 Å². The molecule has 0 saturated carbocycles. The van der Waals surface area contributed by atoms with Gasteiger partial charge in [0.25, 0.3) is 0 Å². The number of nitrogens with zero attached hydrogens (tertiary/aromatic N) is 2. The Hall–Kier alpha value is 0.210. The lowest BCUT2D eigenvalue weighted by molar-refractivity contribution is 0.131. The van der Waals surface area contributed by atoms with Gasteiger partial charge in [0.15, 0.2) is 5.65 Å². The van der Waals surface area contributed by atoms with E-state index in [1.165, 1.54) is 16.6 Å². The molecular weight excluding hydrogens is 415 g/mol. The Labute approximate surface area is 125 Å². The quantitative estimate of drug-likeness (QED) is 0.674. The van der Waals surface area contributed by atoms with E-state index in [-0.39, 0.29) is 0 Å². The molecule has 2 aromatic heterocycles. The Morgan fingerprint density at radius 1 is 1.59 bits per heavy atom. The minimum atomic E-state index is 0.631. The normalized spacial score (nSPS) is 11.3. The molecule has 0 aliphatic carbocycles. The zero-order valence-electron chi connectivity index (χ0n) is 9.54. The van der Waals surface area contributed by atoms with Crippen LogP contribution in [0.25, 0.3) is 11.0 Å². The summed E-state index contributed by atoms with van der Waals surface area (Å²) in [5.41, 5.74) is 3.43. The third-order valence-electron chi connectivity index (χ3n) is 2.62. The van der Waals surface area contributed by atoms with E-state index in [4.69, 9.17) is 4.74 Å². The van der Waals surface area contributed by atoms with Crippen LogP contribution in [-0.2, 0) is 11.3 Å². The lowest BCUT2D eigenvalue weighted by atomic mass is 10.2. The molecule has 2 heterocycles. The number of rotatable bonds is 4. The van der Waals surface area contributed by atoms with Gasteiger partial charge in [-0.2, -0.15) is 0 Å². The van der Waals surface area contributed by atoms with Crippen molar-refractivity contribution in [2.24, 2.45) is 0 Å². The highest BCUT2D eigenvalue weighted by Crippen LogP contribution is 2.32. The number of fused-ring (bicyclic) bond motifs is 1. The van der Waals surface area contributed by atoms with Crippen LogP contribution in [0, 0.1) is 6.92 Å². The van der Waals surface area contributed by atoms with Crippen LogP contribution >= 0.6 is 46.3 Å². The Bertz CT molecular complexity index is 544. The van der Waals surface area contributed by atoms with E-state index in [0.29, 0.717) is 6.61 Å². The Morgan fingerprint density at radius 3 is 3.00 bits per heavy atom. The molecule has 6 heteroatoms. The second kappa shape index (κ2) is 5.90. The standard InChI is InChI=1S/C11H12BrIN2OS/c1-3-16-6-10-7(2)9-4-8(12)5-14-11(9)15(10)17-13/h4-5H,3,6H2,1-2H3. The number of pyridine rings is 1. The molecule has 0 aromatic carbocycles. The zero-order chi connectivity index (χ0) is 12.4. The van der Waals surface area contributed by atoms with Gasteiger partial charge in [-0.15, -0.1) is 0 Å². The van der Waals surface area contributed by atoms with Crippen molar-refractivity contribution in [3.05, 3.63) is 28.0 Å². The molecular formula is C11H12BrIN2OS. The zero-order valence-corrected chi connectivity index (χ0v) is 14.1. The van der Waals surface area contributed by atoms with Crippen LogP contribution in [0.3, 0.4) is 0 Å². The Balaban J connectivity index is 2.61. The molecule has 0 aliphatic rings. The van der Waals surface area contributed by atoms with Gasteiger partial charge in [-0.05, 0) is 41.4 Å². The van der Waals surface area contributed by atoms with E-state index < -0.39 is 0 Å². The predicted molar refractivity (Wildman–Crippen MR) is 84.5 cm³/mol. The van der Waals surface area contributed by atoms with E-state index in [2.05, 4.69) is 59.1 Å². The van der Waals surface area contributed by atoms with Crippen molar-refractivity contribution >= 4 is 57.3 Å². The van der Waals surface area contributed by atoms with Crippen molar-refractivity contribution in [2.45, 2.75) is 20.5 Å². The lowest BCUT2D eigenvalue weighted by Crippen LogP contribution is -1.99. The Kier molecular flexibility index (Phi) is 4.73. The van der Waals surface area contributed by atoms with Crippen LogP contribution in [0.4, 0.5) is 0 Å². The monoisotopic (exact) mass is 426 g/mol. The van der Waals surface area contributed by atoms with Crippen LogP contribution in [-0.4, -0.2) is 15.6 Å². The molecule has 2 rings (SSSR count). The first-order valence-corrected chi connectivity index (χ1v) is 9.32. The molecule has 0 spiro atoms. The van der Waals surface area contributed by atoms with Gasteiger partial charge in [-0.25, -0.2) is 4.98 Å². The van der Waals surface area contributed by atoms with Crippen molar-refractivity contribution in [3.63, 3.8) is 0 Å². The summed E-state index contributed by atoms with van der Waals surface area (Å²) in [6, 6.07) is 2.11. The summed E-state index contributed by atoms with van der Waals surface area (Å²) >= 11 is 5.74. The number of aromatic nitrogens is 2. The molecule has 0 bridgehead atoms. The minimum absolute atomic E-state index is 0.631. The van der Waals surface area contributed by atoms with Crippen LogP contribution in [0.15, 0.2) is 16.7 Å². The summed E-state index contributed by atoms with van der Waals surface area (Å²) in [4.78, 5) is 4.48. The maximum atomic E-state index is 5.53. The molecule has 0 unspecified atom stereocenters. The minimum Gasteiger partial charge on any atom is -0.375 e. The largest absolute Gasteiger partial charge is 0.375 e. The summed E-state index contributed by atoms with van der Waals surface area (Å²) < 4.78 is 8.66. The summed E-state index contributed by atoms with van der Waals surface area (Å²) in [5.74, 6) is 0. The van der Waals surface area contributed by atoms with Gasteiger partial charge in [0.05, 0.1) is 12.3 Å². The molecule has 17 heavy (non-hydrogen) atoms. The molecule has 0 saturated heterocycles. The van der Waals surface area contributed by atoms with E-state index in [9.17, 15) is 0 Å². The van der Waals surface area contributed by atoms with Gasteiger partial charge < -0.3 is 4.74 Å². The van der Waals surface area contributed by atoms with Gasteiger partial charge in [0.2, 0.25) is 0 Å². The lowest BCUT2D eigenvalue weighted by Gasteiger charge is -2.05. The summed E-state index contributed by atoms with van der Waals surface area (Å²) in [7, 11) is 1.63. The molecule has 92 valence electrons. The third kappa shape index (κ3) is 2.64. The van der Waals surface area contributed by atoms with E-state index in [1.54, 1.807) is 9.12 Å². The molecule has 0 N–H and O–H groups in total. The second-order valence-corrected chi connectivity index (χ2v) is 6.20. The maximum Gasteiger partial charge on any atom is 0.151 e. The number of hydrogen-bond donors (Lipinski definition) is 0. The second-order valence-electron chi connectivity index (χ2n) is 3.60. The average molecular weight is 427 g/mol. The first-order chi connectivity index (χ1) is 8.19. The molecule has 2 aromatic rings. The average Bonchev–Trinajstić information content (AvgIpc) is 2.59. The van der Waals surface area contributed by atoms with Gasteiger partial charge in [-0.1, -0.05) is 0 Å². The molecule has 0 fully saturated rings. The summed E-state index contributed by atoms with van der Waals surface area (Å²) in [6.07, 6.45) is 1.83. The molecule has 0 amide bonds. The van der Waals surface area contributed by atoms with Gasteiger partial charge in [0, 0.05) is 53.0 Å². The van der Waals surface area contributed by atoms with E-state index >= 15 is 0 Å². The maximum absolute atomic E-state index is 5.53. The van der Waals surface area contributed by atoms with Crippen molar-refractivity contribution in [2.75, 3.05) is 6.61 Å². The molecule has 0 radical (unpaired) electrons. The number of aryl methyl sites for hydroxylation is 1. The topological polar surface area (TPSA) is 27.1 Å². The van der Waals surface area contributed by atoms with Gasteiger partial charge in [0.1, 0.15) is 0 Å².